The number of rotatable bonds is 3. The maximum Gasteiger partial charge on any atom is 0.395 e. The largest absolute Gasteiger partial charge is 0.395 e. The number of nitrogens with zero attached hydrogens (tertiary/aromatic N) is 2. The smallest absolute Gasteiger partial charge is 0.256 e. The summed E-state index contributed by atoms with van der Waals surface area (Å²) in [5, 5.41) is 0.827. The molecule has 0 N–H and O–H groups in total. The predicted molar refractivity (Wildman–Crippen MR) is 89.6 cm³/mol. The predicted octanol–water partition coefficient (Wildman–Crippen LogP) is 4.01. The van der Waals surface area contributed by atoms with Crippen LogP contribution in [0.5, 0.6) is 0 Å². The van der Waals surface area contributed by atoms with E-state index >= 15 is 0 Å². The zero-order valence-electron chi connectivity index (χ0n) is 12.8. The zero-order chi connectivity index (χ0) is 18.1. The van der Waals surface area contributed by atoms with Crippen molar-refractivity contribution in [2.24, 2.45) is 10.3 Å². The number of hydrogen-bond acceptors (Lipinski definition) is 3. The number of fused-ring (bicyclic) bond motifs is 1. The standard InChI is InChI=1S/C17H13F3N2O2S/c18-17(19,20)14-6-8-15(9-7-14)25(23,24)22-11-13-4-1-3-12-5-2-10-21-16(12)13/h1-6,8-11,14H,7H2. The summed E-state index contributed by atoms with van der Waals surface area (Å²) in [5.74, 6) is -1.67. The highest BCUT2D eigenvalue weighted by atomic mass is 32.2. The lowest BCUT2D eigenvalue weighted by molar-refractivity contribution is -0.160. The normalized spacial score (nSPS) is 18.7. The Hall–Kier alpha value is -2.48. The average molecular weight is 366 g/mol. The van der Waals surface area contributed by atoms with Crippen molar-refractivity contribution in [2.75, 3.05) is 0 Å². The molecule has 1 atom stereocenters. The van der Waals surface area contributed by atoms with Crippen molar-refractivity contribution in [3.8, 4) is 0 Å². The van der Waals surface area contributed by atoms with Crippen LogP contribution in [0.3, 0.4) is 0 Å². The lowest BCUT2D eigenvalue weighted by Crippen LogP contribution is -2.22. The van der Waals surface area contributed by atoms with Crippen LogP contribution in [0.4, 0.5) is 13.2 Å². The van der Waals surface area contributed by atoms with Crippen LogP contribution in [0.2, 0.25) is 0 Å². The van der Waals surface area contributed by atoms with Crippen molar-refractivity contribution in [3.63, 3.8) is 0 Å². The van der Waals surface area contributed by atoms with Crippen LogP contribution >= 0.6 is 0 Å². The molecule has 130 valence electrons. The molecule has 0 amide bonds. The van der Waals surface area contributed by atoms with Gasteiger partial charge in [-0.2, -0.15) is 26.0 Å². The Balaban J connectivity index is 1.86. The van der Waals surface area contributed by atoms with Crippen molar-refractivity contribution >= 4 is 27.1 Å². The second kappa shape index (κ2) is 6.44. The topological polar surface area (TPSA) is 59.4 Å². The minimum atomic E-state index is -4.39. The van der Waals surface area contributed by atoms with Crippen LogP contribution in [0.1, 0.15) is 12.0 Å². The Kier molecular flexibility index (Phi) is 4.47. The first kappa shape index (κ1) is 17.3. The molecule has 8 heteroatoms. The van der Waals surface area contributed by atoms with E-state index in [2.05, 4.69) is 9.38 Å². The molecular weight excluding hydrogens is 353 g/mol. The third-order valence-corrected chi connectivity index (χ3v) is 5.06. The molecule has 1 aromatic heterocycles. The highest BCUT2D eigenvalue weighted by Crippen LogP contribution is 2.34. The van der Waals surface area contributed by atoms with Crippen LogP contribution in [0.25, 0.3) is 10.9 Å². The van der Waals surface area contributed by atoms with Crippen LogP contribution < -0.4 is 0 Å². The van der Waals surface area contributed by atoms with Crippen molar-refractivity contribution in [1.82, 2.24) is 4.98 Å². The molecule has 1 aromatic carbocycles. The number of benzene rings is 1. The Morgan fingerprint density at radius 1 is 1.20 bits per heavy atom. The first-order chi connectivity index (χ1) is 11.8. The van der Waals surface area contributed by atoms with Gasteiger partial charge in [-0.05, 0) is 18.6 Å². The van der Waals surface area contributed by atoms with E-state index in [1.807, 2.05) is 12.1 Å². The lowest BCUT2D eigenvalue weighted by atomic mass is 10.0. The first-order valence-electron chi connectivity index (χ1n) is 7.36. The van der Waals surface area contributed by atoms with E-state index in [0.29, 0.717) is 11.1 Å². The third kappa shape index (κ3) is 3.79. The molecule has 3 rings (SSSR count). The van der Waals surface area contributed by atoms with E-state index in [9.17, 15) is 21.6 Å². The molecule has 0 saturated carbocycles. The van der Waals surface area contributed by atoms with Gasteiger partial charge >= 0.3 is 6.18 Å². The summed E-state index contributed by atoms with van der Waals surface area (Å²) >= 11 is 0. The van der Waals surface area contributed by atoms with Gasteiger partial charge in [-0.25, -0.2) is 0 Å². The Morgan fingerprint density at radius 3 is 2.64 bits per heavy atom. The quantitative estimate of drug-likeness (QED) is 0.772. The zero-order valence-corrected chi connectivity index (χ0v) is 13.6. The monoisotopic (exact) mass is 366 g/mol. The van der Waals surface area contributed by atoms with Crippen LogP contribution in [-0.2, 0) is 10.0 Å². The Bertz CT molecular complexity index is 987. The van der Waals surface area contributed by atoms with E-state index in [1.54, 1.807) is 24.4 Å². The van der Waals surface area contributed by atoms with E-state index in [4.69, 9.17) is 0 Å². The number of alkyl halides is 3. The van der Waals surface area contributed by atoms with Crippen molar-refractivity contribution in [2.45, 2.75) is 12.6 Å². The van der Waals surface area contributed by atoms with Gasteiger partial charge in [-0.1, -0.05) is 36.4 Å². The summed E-state index contributed by atoms with van der Waals surface area (Å²) in [5.41, 5.74) is 1.10. The van der Waals surface area contributed by atoms with Crippen LogP contribution in [-0.4, -0.2) is 25.8 Å². The summed E-state index contributed by atoms with van der Waals surface area (Å²) in [4.78, 5) is 3.95. The summed E-state index contributed by atoms with van der Waals surface area (Å²) < 4.78 is 65.9. The number of hydrogen-bond donors (Lipinski definition) is 0. The summed E-state index contributed by atoms with van der Waals surface area (Å²) in [6.45, 7) is 0. The van der Waals surface area contributed by atoms with Gasteiger partial charge in [0.25, 0.3) is 10.0 Å². The van der Waals surface area contributed by atoms with Gasteiger partial charge in [0.05, 0.1) is 16.3 Å². The van der Waals surface area contributed by atoms with Gasteiger partial charge < -0.3 is 0 Å². The van der Waals surface area contributed by atoms with Crippen molar-refractivity contribution < 1.29 is 21.6 Å². The fraction of sp³-hybridized carbons (Fsp3) is 0.176. The SMILES string of the molecule is O=S(=O)(N=Cc1cccc2cccnc12)C1=CCC(C(F)(F)F)C=C1. The molecule has 0 aliphatic heterocycles. The molecule has 25 heavy (non-hydrogen) atoms. The van der Waals surface area contributed by atoms with E-state index in [-0.39, 0.29) is 4.91 Å². The minimum absolute atomic E-state index is 0.238. The molecule has 0 fully saturated rings. The fourth-order valence-corrected chi connectivity index (χ4v) is 3.39. The number of aromatic nitrogens is 1. The van der Waals surface area contributed by atoms with Gasteiger partial charge in [0, 0.05) is 23.4 Å². The maximum absolute atomic E-state index is 12.6. The Morgan fingerprint density at radius 2 is 1.96 bits per heavy atom. The van der Waals surface area contributed by atoms with Crippen LogP contribution in [0.15, 0.2) is 64.1 Å². The first-order valence-corrected chi connectivity index (χ1v) is 8.80. The molecule has 0 spiro atoms. The minimum Gasteiger partial charge on any atom is -0.256 e. The number of halogens is 3. The molecule has 0 bridgehead atoms. The van der Waals surface area contributed by atoms with E-state index in [1.165, 1.54) is 0 Å². The van der Waals surface area contributed by atoms with Crippen molar-refractivity contribution in [1.29, 1.82) is 0 Å². The molecule has 1 heterocycles. The Labute approximate surface area is 142 Å². The van der Waals surface area contributed by atoms with Gasteiger partial charge in [-0.3, -0.25) is 4.98 Å². The maximum atomic E-state index is 12.6. The van der Waals surface area contributed by atoms with Gasteiger partial charge in [-0.15, -0.1) is 0 Å². The molecule has 4 nitrogen and oxygen atoms in total. The number of para-hydroxylation sites is 1. The summed E-state index contributed by atoms with van der Waals surface area (Å²) in [7, 11) is -4.07. The molecule has 1 aliphatic carbocycles. The summed E-state index contributed by atoms with van der Waals surface area (Å²) in [6, 6.07) is 8.83. The molecule has 1 unspecified atom stereocenters. The molecular formula is C17H13F3N2O2S. The number of pyridine rings is 1. The highest BCUT2D eigenvalue weighted by molar-refractivity contribution is 7.94. The molecule has 1 aliphatic rings. The molecule has 0 radical (unpaired) electrons. The molecule has 0 saturated heterocycles. The van der Waals surface area contributed by atoms with Crippen molar-refractivity contribution in [3.05, 3.63) is 65.2 Å². The van der Waals surface area contributed by atoms with E-state index in [0.717, 1.165) is 29.8 Å². The van der Waals surface area contributed by atoms with Gasteiger partial charge in [0.15, 0.2) is 0 Å². The van der Waals surface area contributed by atoms with E-state index < -0.39 is 28.5 Å². The highest BCUT2D eigenvalue weighted by Gasteiger charge is 2.38. The molecule has 2 aromatic rings. The number of sulfonamides is 1. The summed E-state index contributed by atoms with van der Waals surface area (Å²) in [6.07, 6.45) is 0.789. The second-order valence-electron chi connectivity index (χ2n) is 5.48. The number of allylic oxidation sites excluding steroid dienone is 3. The van der Waals surface area contributed by atoms with Crippen LogP contribution in [0, 0.1) is 5.92 Å². The van der Waals surface area contributed by atoms with Gasteiger partial charge in [0.1, 0.15) is 0 Å². The van der Waals surface area contributed by atoms with Gasteiger partial charge in [0.2, 0.25) is 0 Å². The average Bonchev–Trinajstić information content (AvgIpc) is 2.59. The lowest BCUT2D eigenvalue weighted by Gasteiger charge is -2.18. The second-order valence-corrected chi connectivity index (χ2v) is 7.11. The fourth-order valence-electron chi connectivity index (χ4n) is 2.45. The third-order valence-electron chi connectivity index (χ3n) is 3.78.